The van der Waals surface area contributed by atoms with E-state index in [0.29, 0.717) is 0 Å². The zero-order valence-corrected chi connectivity index (χ0v) is 6.62. The van der Waals surface area contributed by atoms with Crippen LogP contribution in [-0.4, -0.2) is 23.0 Å². The largest absolute Gasteiger partial charge is 0.320 e. The smallest absolute Gasteiger partial charge is 0.0201 e. The van der Waals surface area contributed by atoms with Crippen LogP contribution in [-0.2, 0) is 0 Å². The third-order valence-corrected chi connectivity index (χ3v) is 1.18. The maximum absolute atomic E-state index is 3.26. The van der Waals surface area contributed by atoms with E-state index in [1.807, 2.05) is 0 Å². The van der Waals surface area contributed by atoms with Gasteiger partial charge in [-0.05, 0) is 19.1 Å². The molecule has 0 unspecified atom stereocenters. The Labute approximate surface area is 42.6 Å². The topological polar surface area (TPSA) is 12.0 Å². The zero-order chi connectivity index (χ0) is 4.83. The zero-order valence-electron chi connectivity index (χ0n) is 4.62. The van der Waals surface area contributed by atoms with Gasteiger partial charge in [-0.1, -0.05) is 6.92 Å². The van der Waals surface area contributed by atoms with E-state index in [1.165, 1.54) is 29.4 Å². The second-order valence-corrected chi connectivity index (χ2v) is 2.06. The summed E-state index contributed by atoms with van der Waals surface area (Å²) in [5.41, 5.74) is 0. The van der Waals surface area contributed by atoms with Gasteiger partial charge in [0.2, 0.25) is 0 Å². The van der Waals surface area contributed by atoms with Crippen LogP contribution in [0.5, 0.6) is 0 Å². The molecular formula is C4H13NSi. The predicted molar refractivity (Wildman–Crippen MR) is 33.1 cm³/mol. The number of nitrogens with one attached hydrogen (secondary N) is 1. The molecule has 0 aromatic rings. The minimum Gasteiger partial charge on any atom is -0.320 e. The average Bonchev–Trinajstić information content (AvgIpc) is 1.61. The van der Waals surface area contributed by atoms with Crippen LogP contribution in [0.4, 0.5) is 0 Å². The monoisotopic (exact) mass is 103 g/mol. The van der Waals surface area contributed by atoms with Gasteiger partial charge in [-0.25, -0.2) is 0 Å². The first kappa shape index (κ1) is 6.18. The van der Waals surface area contributed by atoms with Crippen molar-refractivity contribution in [2.45, 2.75) is 13.3 Å². The fraction of sp³-hybridized carbons (Fsp3) is 1.00. The number of hydrogen-bond acceptors (Lipinski definition) is 1. The van der Waals surface area contributed by atoms with Gasteiger partial charge in [0.05, 0.1) is 0 Å². The Kier molecular flexibility index (Phi) is 5.33. The van der Waals surface area contributed by atoms with E-state index in [2.05, 4.69) is 12.2 Å². The Balaban J connectivity index is 2.34. The molecule has 0 spiro atoms. The number of hydrogen-bond donors (Lipinski definition) is 1. The van der Waals surface area contributed by atoms with E-state index in [-0.39, 0.29) is 0 Å². The summed E-state index contributed by atoms with van der Waals surface area (Å²) >= 11 is 0. The van der Waals surface area contributed by atoms with Crippen LogP contribution in [0.25, 0.3) is 0 Å². The second kappa shape index (κ2) is 5.18. The van der Waals surface area contributed by atoms with E-state index < -0.39 is 0 Å². The summed E-state index contributed by atoms with van der Waals surface area (Å²) < 4.78 is 0. The minimum atomic E-state index is 1.20. The van der Waals surface area contributed by atoms with Gasteiger partial charge in [-0.2, -0.15) is 0 Å². The Hall–Kier alpha value is 0.177. The third-order valence-electron chi connectivity index (χ3n) is 0.677. The maximum Gasteiger partial charge on any atom is 0.0201 e. The van der Waals surface area contributed by atoms with Crippen molar-refractivity contribution in [3.05, 3.63) is 0 Å². The molecule has 6 heavy (non-hydrogen) atoms. The molecule has 0 atom stereocenters. The quantitative estimate of drug-likeness (QED) is 0.368. The van der Waals surface area contributed by atoms with Gasteiger partial charge >= 0.3 is 0 Å². The summed E-state index contributed by atoms with van der Waals surface area (Å²) in [5, 5.41) is 3.26. The molecule has 0 amide bonds. The fourth-order valence-electron chi connectivity index (χ4n) is 0.354. The molecule has 0 saturated carbocycles. The van der Waals surface area contributed by atoms with Crippen LogP contribution in [0.2, 0.25) is 0 Å². The summed E-state index contributed by atoms with van der Waals surface area (Å²) in [4.78, 5) is 0. The summed E-state index contributed by atoms with van der Waals surface area (Å²) in [6, 6.07) is 0. The van der Waals surface area contributed by atoms with Crippen molar-refractivity contribution in [1.29, 1.82) is 0 Å². The maximum atomic E-state index is 3.26. The van der Waals surface area contributed by atoms with E-state index in [0.717, 1.165) is 0 Å². The molecule has 0 aromatic carbocycles. The Morgan fingerprint density at radius 3 is 2.50 bits per heavy atom. The van der Waals surface area contributed by atoms with Crippen LogP contribution in [0.3, 0.4) is 0 Å². The highest BCUT2D eigenvalue weighted by Gasteiger charge is 1.71. The Bertz CT molecular complexity index is 19.5. The molecule has 0 heterocycles. The van der Waals surface area contributed by atoms with Gasteiger partial charge in [-0.3, -0.25) is 0 Å². The van der Waals surface area contributed by atoms with Crippen LogP contribution < -0.4 is 5.32 Å². The first-order chi connectivity index (χ1) is 2.91. The van der Waals surface area contributed by atoms with E-state index in [1.54, 1.807) is 0 Å². The summed E-state index contributed by atoms with van der Waals surface area (Å²) in [7, 11) is 1.29. The van der Waals surface area contributed by atoms with Gasteiger partial charge in [0, 0.05) is 10.2 Å². The molecule has 0 rings (SSSR count). The van der Waals surface area contributed by atoms with Crippen molar-refractivity contribution >= 4 is 10.2 Å². The SMILES string of the molecule is CCCNC[SiH3]. The lowest BCUT2D eigenvalue weighted by molar-refractivity contribution is 0.752. The lowest BCUT2D eigenvalue weighted by Crippen LogP contribution is -2.15. The molecule has 0 radical (unpaired) electrons. The van der Waals surface area contributed by atoms with Crippen LogP contribution in [0.15, 0.2) is 0 Å². The molecule has 0 aromatic heterocycles. The van der Waals surface area contributed by atoms with Crippen molar-refractivity contribution < 1.29 is 0 Å². The van der Waals surface area contributed by atoms with Crippen molar-refractivity contribution in [2.24, 2.45) is 0 Å². The van der Waals surface area contributed by atoms with Crippen molar-refractivity contribution in [3.63, 3.8) is 0 Å². The minimum absolute atomic E-state index is 1.20. The highest BCUT2D eigenvalue weighted by Crippen LogP contribution is 1.64. The fourth-order valence-corrected chi connectivity index (χ4v) is 0.707. The molecule has 0 aliphatic heterocycles. The van der Waals surface area contributed by atoms with Gasteiger partial charge < -0.3 is 5.32 Å². The summed E-state index contributed by atoms with van der Waals surface area (Å²) in [6.07, 6.45) is 2.51. The molecule has 1 N–H and O–H groups in total. The number of rotatable bonds is 3. The lowest BCUT2D eigenvalue weighted by Gasteiger charge is -1.91. The third kappa shape index (κ3) is 4.18. The molecule has 0 bridgehead atoms. The van der Waals surface area contributed by atoms with Crippen LogP contribution >= 0.6 is 0 Å². The molecule has 0 aliphatic carbocycles. The van der Waals surface area contributed by atoms with Crippen molar-refractivity contribution in [2.75, 3.05) is 12.7 Å². The predicted octanol–water partition coefficient (Wildman–Crippen LogP) is -0.691. The van der Waals surface area contributed by atoms with Gasteiger partial charge in [0.15, 0.2) is 0 Å². The average molecular weight is 103 g/mol. The van der Waals surface area contributed by atoms with Gasteiger partial charge in [0.1, 0.15) is 0 Å². The molecule has 0 fully saturated rings. The van der Waals surface area contributed by atoms with E-state index in [4.69, 9.17) is 0 Å². The summed E-state index contributed by atoms with van der Waals surface area (Å²) in [6.45, 7) is 3.38. The standard InChI is InChI=1S/C4H13NSi/c1-2-3-5-4-6/h5H,2-4H2,1,6H3. The first-order valence-electron chi connectivity index (χ1n) is 2.62. The van der Waals surface area contributed by atoms with Crippen LogP contribution in [0.1, 0.15) is 13.3 Å². The Morgan fingerprint density at radius 1 is 1.67 bits per heavy atom. The molecular weight excluding hydrogens is 90.1 g/mol. The highest BCUT2D eigenvalue weighted by molar-refractivity contribution is 6.08. The molecule has 0 aliphatic rings. The molecule has 0 saturated heterocycles. The first-order valence-corrected chi connectivity index (χ1v) is 4.04. The molecule has 1 nitrogen and oxygen atoms in total. The van der Waals surface area contributed by atoms with Crippen molar-refractivity contribution in [3.8, 4) is 0 Å². The van der Waals surface area contributed by atoms with Gasteiger partial charge in [-0.15, -0.1) is 0 Å². The van der Waals surface area contributed by atoms with Crippen molar-refractivity contribution in [1.82, 2.24) is 5.32 Å². The molecule has 38 valence electrons. The molecule has 2 heteroatoms. The normalized spacial score (nSPS) is 9.50. The Morgan fingerprint density at radius 2 is 2.33 bits per heavy atom. The van der Waals surface area contributed by atoms with Gasteiger partial charge in [0.25, 0.3) is 0 Å². The lowest BCUT2D eigenvalue weighted by atomic mass is 10.5. The highest BCUT2D eigenvalue weighted by atomic mass is 28.1. The van der Waals surface area contributed by atoms with Crippen LogP contribution in [0, 0.1) is 0 Å². The van der Waals surface area contributed by atoms with E-state index in [9.17, 15) is 0 Å². The van der Waals surface area contributed by atoms with E-state index >= 15 is 0 Å². The second-order valence-electron chi connectivity index (χ2n) is 1.35. The summed E-state index contributed by atoms with van der Waals surface area (Å²) in [5.74, 6) is 0.